The van der Waals surface area contributed by atoms with E-state index in [0.29, 0.717) is 11.8 Å². The first kappa shape index (κ1) is 12.5. The molecule has 1 aromatic rings. The molecule has 0 radical (unpaired) electrons. The van der Waals surface area contributed by atoms with Crippen LogP contribution in [-0.2, 0) is 11.3 Å². The molecule has 4 nitrogen and oxygen atoms in total. The van der Waals surface area contributed by atoms with E-state index in [-0.39, 0.29) is 6.09 Å². The molecule has 2 aliphatic rings. The van der Waals surface area contributed by atoms with Crippen LogP contribution >= 0.6 is 0 Å². The highest BCUT2D eigenvalue weighted by Gasteiger charge is 2.41. The summed E-state index contributed by atoms with van der Waals surface area (Å²) in [5.41, 5.74) is 1.37. The first-order valence-corrected chi connectivity index (χ1v) is 6.85. The van der Waals surface area contributed by atoms with Gasteiger partial charge in [-0.3, -0.25) is 4.90 Å². The van der Waals surface area contributed by atoms with Crippen molar-refractivity contribution in [1.82, 2.24) is 9.80 Å². The second-order valence-corrected chi connectivity index (χ2v) is 5.57. The van der Waals surface area contributed by atoms with Crippen molar-refractivity contribution in [3.8, 4) is 0 Å². The maximum absolute atomic E-state index is 11.5. The summed E-state index contributed by atoms with van der Waals surface area (Å²) in [6.07, 6.45) is -0.177. The van der Waals surface area contributed by atoms with Gasteiger partial charge in [0, 0.05) is 32.7 Å². The minimum absolute atomic E-state index is 0.177. The molecule has 0 N–H and O–H groups in total. The van der Waals surface area contributed by atoms with Crippen LogP contribution in [0.25, 0.3) is 0 Å². The van der Waals surface area contributed by atoms with E-state index < -0.39 is 0 Å². The molecule has 4 heteroatoms. The van der Waals surface area contributed by atoms with E-state index in [1.54, 1.807) is 0 Å². The molecule has 2 heterocycles. The van der Waals surface area contributed by atoms with Gasteiger partial charge in [0.15, 0.2) is 0 Å². The molecule has 0 aliphatic carbocycles. The van der Waals surface area contributed by atoms with Gasteiger partial charge >= 0.3 is 6.09 Å². The molecule has 1 aromatic carbocycles. The maximum Gasteiger partial charge on any atom is 0.409 e. The van der Waals surface area contributed by atoms with Crippen molar-refractivity contribution in [2.24, 2.45) is 11.8 Å². The molecular formula is C15H20N2O2. The van der Waals surface area contributed by atoms with Crippen molar-refractivity contribution in [1.29, 1.82) is 0 Å². The second-order valence-electron chi connectivity index (χ2n) is 5.57. The van der Waals surface area contributed by atoms with E-state index in [9.17, 15) is 4.79 Å². The number of nitrogens with zero attached hydrogens (tertiary/aromatic N) is 2. The normalized spacial score (nSPS) is 26.5. The third-order valence-corrected chi connectivity index (χ3v) is 4.24. The lowest BCUT2D eigenvalue weighted by Gasteiger charge is -2.20. The molecule has 2 fully saturated rings. The molecule has 19 heavy (non-hydrogen) atoms. The van der Waals surface area contributed by atoms with Crippen LogP contribution in [0.1, 0.15) is 5.56 Å². The maximum atomic E-state index is 11.5. The molecule has 2 aliphatic heterocycles. The number of amides is 1. The Bertz CT molecular complexity index is 435. The number of fused-ring (bicyclic) bond motifs is 1. The molecule has 2 saturated heterocycles. The Labute approximate surface area is 113 Å². The van der Waals surface area contributed by atoms with Gasteiger partial charge in [0.1, 0.15) is 0 Å². The van der Waals surface area contributed by atoms with Crippen LogP contribution in [0.2, 0.25) is 0 Å². The summed E-state index contributed by atoms with van der Waals surface area (Å²) < 4.78 is 4.80. The fourth-order valence-electron chi connectivity index (χ4n) is 3.34. The Hall–Kier alpha value is -1.55. The van der Waals surface area contributed by atoms with E-state index >= 15 is 0 Å². The summed E-state index contributed by atoms with van der Waals surface area (Å²) in [5, 5.41) is 0. The zero-order chi connectivity index (χ0) is 13.2. The van der Waals surface area contributed by atoms with E-state index in [2.05, 4.69) is 35.2 Å². The lowest BCUT2D eigenvalue weighted by molar-refractivity contribution is 0.127. The van der Waals surface area contributed by atoms with Crippen molar-refractivity contribution < 1.29 is 9.53 Å². The Kier molecular flexibility index (Phi) is 3.42. The Morgan fingerprint density at radius 1 is 1.16 bits per heavy atom. The van der Waals surface area contributed by atoms with Crippen molar-refractivity contribution in [2.75, 3.05) is 33.3 Å². The van der Waals surface area contributed by atoms with Gasteiger partial charge in [-0.1, -0.05) is 30.3 Å². The Morgan fingerprint density at radius 3 is 2.37 bits per heavy atom. The smallest absolute Gasteiger partial charge is 0.409 e. The third kappa shape index (κ3) is 2.59. The summed E-state index contributed by atoms with van der Waals surface area (Å²) in [5.74, 6) is 1.23. The van der Waals surface area contributed by atoms with Gasteiger partial charge in [-0.15, -0.1) is 0 Å². The number of methoxy groups -OCH3 is 1. The summed E-state index contributed by atoms with van der Waals surface area (Å²) >= 11 is 0. The van der Waals surface area contributed by atoms with Crippen LogP contribution in [0, 0.1) is 11.8 Å². The Morgan fingerprint density at radius 2 is 1.79 bits per heavy atom. The van der Waals surface area contributed by atoms with Crippen LogP contribution < -0.4 is 0 Å². The average Bonchev–Trinajstić information content (AvgIpc) is 2.97. The fourth-order valence-corrected chi connectivity index (χ4v) is 3.34. The van der Waals surface area contributed by atoms with E-state index in [1.165, 1.54) is 12.7 Å². The summed E-state index contributed by atoms with van der Waals surface area (Å²) in [7, 11) is 1.46. The van der Waals surface area contributed by atoms with E-state index in [0.717, 1.165) is 32.7 Å². The molecule has 102 valence electrons. The molecule has 1 amide bonds. The summed E-state index contributed by atoms with van der Waals surface area (Å²) in [4.78, 5) is 15.8. The first-order valence-electron chi connectivity index (χ1n) is 6.85. The SMILES string of the molecule is COC(=O)N1C[C@H]2CN(Cc3ccccc3)C[C@H]2C1. The largest absolute Gasteiger partial charge is 0.453 e. The zero-order valence-corrected chi connectivity index (χ0v) is 11.3. The predicted octanol–water partition coefficient (Wildman–Crippen LogP) is 1.82. The number of ether oxygens (including phenoxy) is 1. The van der Waals surface area contributed by atoms with Crippen molar-refractivity contribution >= 4 is 6.09 Å². The van der Waals surface area contributed by atoms with Crippen molar-refractivity contribution in [3.63, 3.8) is 0 Å². The van der Waals surface area contributed by atoms with Crippen LogP contribution in [0.15, 0.2) is 30.3 Å². The molecule has 0 spiro atoms. The molecule has 0 saturated carbocycles. The summed E-state index contributed by atoms with van der Waals surface area (Å²) in [6, 6.07) is 10.6. The standard InChI is InChI=1S/C15H20N2O2/c1-19-15(18)17-10-13-8-16(9-14(13)11-17)7-12-5-3-2-4-6-12/h2-6,13-14H,7-11H2,1H3/t13-,14+. The first-order chi connectivity index (χ1) is 9.26. The molecule has 0 unspecified atom stereocenters. The number of carbonyl (C=O) groups excluding carboxylic acids is 1. The summed E-state index contributed by atoms with van der Waals surface area (Å²) in [6.45, 7) is 4.90. The van der Waals surface area contributed by atoms with Gasteiger partial charge in [0.25, 0.3) is 0 Å². The van der Waals surface area contributed by atoms with Crippen molar-refractivity contribution in [2.45, 2.75) is 6.54 Å². The lowest BCUT2D eigenvalue weighted by atomic mass is 10.0. The molecule has 0 aromatic heterocycles. The highest BCUT2D eigenvalue weighted by Crippen LogP contribution is 2.32. The van der Waals surface area contributed by atoms with Crippen LogP contribution in [0.5, 0.6) is 0 Å². The van der Waals surface area contributed by atoms with E-state index in [1.807, 2.05) is 4.90 Å². The molecule has 2 atom stereocenters. The van der Waals surface area contributed by atoms with Crippen LogP contribution in [0.4, 0.5) is 4.79 Å². The fraction of sp³-hybridized carbons (Fsp3) is 0.533. The topological polar surface area (TPSA) is 32.8 Å². The predicted molar refractivity (Wildman–Crippen MR) is 72.7 cm³/mol. The quantitative estimate of drug-likeness (QED) is 0.813. The highest BCUT2D eigenvalue weighted by atomic mass is 16.5. The van der Waals surface area contributed by atoms with Gasteiger partial charge in [-0.25, -0.2) is 4.79 Å². The van der Waals surface area contributed by atoms with Gasteiger partial charge in [0.05, 0.1) is 7.11 Å². The number of carbonyl (C=O) groups is 1. The highest BCUT2D eigenvalue weighted by molar-refractivity contribution is 5.67. The number of likely N-dealkylation sites (tertiary alicyclic amines) is 2. The van der Waals surface area contributed by atoms with Gasteiger partial charge in [-0.05, 0) is 17.4 Å². The van der Waals surface area contributed by atoms with Crippen LogP contribution in [-0.4, -0.2) is 49.2 Å². The second kappa shape index (κ2) is 5.21. The lowest BCUT2D eigenvalue weighted by Crippen LogP contribution is -2.32. The van der Waals surface area contributed by atoms with E-state index in [4.69, 9.17) is 4.74 Å². The zero-order valence-electron chi connectivity index (χ0n) is 11.3. The Balaban J connectivity index is 1.55. The molecule has 0 bridgehead atoms. The molecular weight excluding hydrogens is 240 g/mol. The minimum atomic E-state index is -0.177. The van der Waals surface area contributed by atoms with Crippen LogP contribution in [0.3, 0.4) is 0 Å². The third-order valence-electron chi connectivity index (χ3n) is 4.24. The number of benzene rings is 1. The number of hydrogen-bond acceptors (Lipinski definition) is 3. The average molecular weight is 260 g/mol. The number of hydrogen-bond donors (Lipinski definition) is 0. The molecule has 3 rings (SSSR count). The van der Waals surface area contributed by atoms with Gasteiger partial charge < -0.3 is 9.64 Å². The minimum Gasteiger partial charge on any atom is -0.453 e. The van der Waals surface area contributed by atoms with Gasteiger partial charge in [0.2, 0.25) is 0 Å². The number of rotatable bonds is 2. The monoisotopic (exact) mass is 260 g/mol. The van der Waals surface area contributed by atoms with Crippen molar-refractivity contribution in [3.05, 3.63) is 35.9 Å². The van der Waals surface area contributed by atoms with Gasteiger partial charge in [-0.2, -0.15) is 0 Å².